The van der Waals surface area contributed by atoms with Crippen LogP contribution in [0, 0.1) is 15.3 Å². The summed E-state index contributed by atoms with van der Waals surface area (Å²) in [5.74, 6) is -0.0690. The lowest BCUT2D eigenvalue weighted by atomic mass is 9.82. The maximum Gasteiger partial charge on any atom is 0.270 e. The van der Waals surface area contributed by atoms with E-state index in [0.717, 1.165) is 12.8 Å². The average Bonchev–Trinajstić information content (AvgIpc) is 2.42. The van der Waals surface area contributed by atoms with Gasteiger partial charge >= 0.3 is 0 Å². The molecule has 0 N–H and O–H groups in total. The van der Waals surface area contributed by atoms with Crippen LogP contribution in [0.1, 0.15) is 38.2 Å². The highest BCUT2D eigenvalue weighted by atomic mass is 16.6. The minimum atomic E-state index is -1.05. The number of nitro groups is 1. The van der Waals surface area contributed by atoms with Crippen LogP contribution in [-0.4, -0.2) is 27.2 Å². The van der Waals surface area contributed by atoms with Crippen molar-refractivity contribution in [3.8, 4) is 0 Å². The summed E-state index contributed by atoms with van der Waals surface area (Å²) in [7, 11) is 0. The molecule has 1 aromatic rings. The van der Waals surface area contributed by atoms with Gasteiger partial charge in [0.2, 0.25) is 11.3 Å². The average molecular weight is 276 g/mol. The molecule has 0 bridgehead atoms. The highest BCUT2D eigenvalue weighted by Gasteiger charge is 2.42. The van der Waals surface area contributed by atoms with E-state index >= 15 is 0 Å². The third-order valence-corrected chi connectivity index (χ3v) is 3.75. The minimum Gasteiger partial charge on any atom is -0.623 e. The van der Waals surface area contributed by atoms with Crippen molar-refractivity contribution in [2.45, 2.75) is 38.1 Å². The van der Waals surface area contributed by atoms with Crippen LogP contribution in [-0.2, 0) is 4.79 Å². The van der Waals surface area contributed by atoms with Gasteiger partial charge in [0.25, 0.3) is 5.69 Å². The van der Waals surface area contributed by atoms with E-state index in [1.54, 1.807) is 13.0 Å². The molecule has 2 rings (SSSR count). The Morgan fingerprint density at radius 2 is 2.05 bits per heavy atom. The molecule has 0 aromatic heterocycles. The quantitative estimate of drug-likeness (QED) is 0.279. The van der Waals surface area contributed by atoms with Crippen LogP contribution in [0.3, 0.4) is 0 Å². The Bertz CT molecular complexity index is 582. The number of nitro benzene ring substituents is 1. The summed E-state index contributed by atoms with van der Waals surface area (Å²) in [6.07, 6.45) is 3.85. The fraction of sp³-hybridized carbons (Fsp3) is 0.429. The number of carbonyl (C=O) groups excluding carboxylic acids is 1. The number of non-ortho nitro benzene ring substituents is 1. The number of carbonyl (C=O) groups is 1. The topological polar surface area (TPSA) is 86.3 Å². The van der Waals surface area contributed by atoms with Crippen molar-refractivity contribution in [2.75, 3.05) is 0 Å². The number of ketones is 1. The first-order valence-electron chi connectivity index (χ1n) is 6.52. The fourth-order valence-electron chi connectivity index (χ4n) is 2.39. The van der Waals surface area contributed by atoms with E-state index in [4.69, 9.17) is 0 Å². The zero-order valence-electron chi connectivity index (χ0n) is 11.2. The second-order valence-electron chi connectivity index (χ2n) is 5.21. The lowest BCUT2D eigenvalue weighted by molar-refractivity contribution is -0.525. The molecule has 6 heteroatoms. The molecule has 1 atom stereocenters. The summed E-state index contributed by atoms with van der Waals surface area (Å²) in [4.78, 5) is 22.1. The highest BCUT2D eigenvalue weighted by molar-refractivity contribution is 5.88. The third kappa shape index (κ3) is 2.68. The Hall–Kier alpha value is -2.24. The van der Waals surface area contributed by atoms with Crippen molar-refractivity contribution in [3.63, 3.8) is 0 Å². The van der Waals surface area contributed by atoms with Crippen LogP contribution in [0.4, 0.5) is 5.69 Å². The molecule has 0 radical (unpaired) electrons. The van der Waals surface area contributed by atoms with E-state index in [2.05, 4.69) is 0 Å². The van der Waals surface area contributed by atoms with Gasteiger partial charge in [-0.2, -0.15) is 4.74 Å². The standard InChI is InChI=1S/C14H16N2O4/c1-14(8-3-2-7-13(14)17)15(18)10-11-5-4-6-12(9-11)16(19)20/h4-6,9-10H,2-3,7-8H2,1H3/b15-10-/t14-/m1/s1. The van der Waals surface area contributed by atoms with E-state index in [0.29, 0.717) is 23.1 Å². The van der Waals surface area contributed by atoms with Gasteiger partial charge in [-0.3, -0.25) is 14.9 Å². The Morgan fingerprint density at radius 1 is 1.30 bits per heavy atom. The lowest BCUT2D eigenvalue weighted by Crippen LogP contribution is -2.46. The largest absolute Gasteiger partial charge is 0.623 e. The fourth-order valence-corrected chi connectivity index (χ4v) is 2.39. The Labute approximate surface area is 116 Å². The van der Waals surface area contributed by atoms with Gasteiger partial charge in [-0.05, 0) is 18.9 Å². The van der Waals surface area contributed by atoms with Crippen LogP contribution in [0.2, 0.25) is 0 Å². The summed E-state index contributed by atoms with van der Waals surface area (Å²) >= 11 is 0. The van der Waals surface area contributed by atoms with Gasteiger partial charge in [-0.25, -0.2) is 0 Å². The van der Waals surface area contributed by atoms with E-state index in [1.807, 2.05) is 0 Å². The molecule has 1 aliphatic rings. The smallest absolute Gasteiger partial charge is 0.270 e. The molecule has 0 unspecified atom stereocenters. The molecule has 1 aliphatic carbocycles. The van der Waals surface area contributed by atoms with Crippen molar-refractivity contribution in [1.29, 1.82) is 0 Å². The summed E-state index contributed by atoms with van der Waals surface area (Å²) in [6.45, 7) is 1.63. The van der Waals surface area contributed by atoms with E-state index < -0.39 is 10.5 Å². The van der Waals surface area contributed by atoms with Gasteiger partial charge in [-0.1, -0.05) is 6.07 Å². The monoisotopic (exact) mass is 276 g/mol. The first-order valence-corrected chi connectivity index (χ1v) is 6.52. The Balaban J connectivity index is 2.32. The summed E-state index contributed by atoms with van der Waals surface area (Å²) in [5.41, 5.74) is -0.704. The molecule has 1 fully saturated rings. The van der Waals surface area contributed by atoms with Crippen LogP contribution >= 0.6 is 0 Å². The minimum absolute atomic E-state index is 0.0690. The molecule has 0 saturated heterocycles. The SMILES string of the molecule is C[C@@]1(/[N+]([O-])=C/c2cccc([N+](=O)[O-])c2)CCCCC1=O. The van der Waals surface area contributed by atoms with Crippen molar-refractivity contribution in [3.05, 3.63) is 45.2 Å². The van der Waals surface area contributed by atoms with Crippen molar-refractivity contribution < 1.29 is 14.5 Å². The van der Waals surface area contributed by atoms with Gasteiger partial charge < -0.3 is 5.21 Å². The van der Waals surface area contributed by atoms with Gasteiger partial charge in [0.15, 0.2) is 6.21 Å². The van der Waals surface area contributed by atoms with Gasteiger partial charge in [0.1, 0.15) is 0 Å². The van der Waals surface area contributed by atoms with Gasteiger partial charge in [0.05, 0.1) is 4.92 Å². The number of benzene rings is 1. The maximum atomic E-state index is 12.3. The molecule has 6 nitrogen and oxygen atoms in total. The van der Waals surface area contributed by atoms with Crippen LogP contribution in [0.5, 0.6) is 0 Å². The highest BCUT2D eigenvalue weighted by Crippen LogP contribution is 2.27. The van der Waals surface area contributed by atoms with Crippen molar-refractivity contribution in [1.82, 2.24) is 0 Å². The Kier molecular flexibility index (Phi) is 3.83. The number of hydrogen-bond donors (Lipinski definition) is 0. The molecule has 0 spiro atoms. The zero-order chi connectivity index (χ0) is 14.8. The van der Waals surface area contributed by atoms with Crippen LogP contribution in [0.25, 0.3) is 0 Å². The zero-order valence-corrected chi connectivity index (χ0v) is 11.2. The van der Waals surface area contributed by atoms with E-state index in [9.17, 15) is 20.1 Å². The molecule has 1 aromatic carbocycles. The van der Waals surface area contributed by atoms with E-state index in [-0.39, 0.29) is 11.5 Å². The lowest BCUT2D eigenvalue weighted by Gasteiger charge is -2.30. The predicted molar refractivity (Wildman–Crippen MR) is 73.8 cm³/mol. The number of hydrogen-bond acceptors (Lipinski definition) is 4. The summed E-state index contributed by atoms with van der Waals surface area (Å²) in [5, 5.41) is 23.0. The van der Waals surface area contributed by atoms with E-state index in [1.165, 1.54) is 24.4 Å². The normalized spacial score (nSPS) is 23.6. The molecular formula is C14H16N2O4. The summed E-state index contributed by atoms with van der Waals surface area (Å²) in [6, 6.07) is 5.80. The third-order valence-electron chi connectivity index (χ3n) is 3.75. The van der Waals surface area contributed by atoms with Gasteiger partial charge in [-0.15, -0.1) is 0 Å². The molecular weight excluding hydrogens is 260 g/mol. The Morgan fingerprint density at radius 3 is 2.70 bits per heavy atom. The second-order valence-corrected chi connectivity index (χ2v) is 5.21. The van der Waals surface area contributed by atoms with Crippen LogP contribution in [0.15, 0.2) is 24.3 Å². The number of nitrogens with zero attached hydrogens (tertiary/aromatic N) is 2. The molecule has 0 heterocycles. The number of hydroxylamine groups is 1. The molecule has 106 valence electrons. The first kappa shape index (κ1) is 14.2. The summed E-state index contributed by atoms with van der Waals surface area (Å²) < 4.78 is 0.646. The second kappa shape index (κ2) is 5.40. The molecule has 0 amide bonds. The first-order chi connectivity index (χ1) is 9.43. The molecule has 1 saturated carbocycles. The number of rotatable bonds is 3. The van der Waals surface area contributed by atoms with Crippen molar-refractivity contribution in [2.24, 2.45) is 0 Å². The van der Waals surface area contributed by atoms with Crippen molar-refractivity contribution >= 4 is 17.7 Å². The maximum absolute atomic E-state index is 12.3. The predicted octanol–water partition coefficient (Wildman–Crippen LogP) is 2.43. The molecule has 0 aliphatic heterocycles. The molecule has 20 heavy (non-hydrogen) atoms. The number of Topliss-reactive ketones (excluding diaryl/α,β-unsaturated/α-hetero) is 1. The van der Waals surface area contributed by atoms with Gasteiger partial charge in [0, 0.05) is 37.5 Å². The van der Waals surface area contributed by atoms with Crippen LogP contribution < -0.4 is 0 Å².